The van der Waals surface area contributed by atoms with Crippen LogP contribution in [0, 0.1) is 0 Å². The quantitative estimate of drug-likeness (QED) is 0.152. The molecule has 0 saturated heterocycles. The second-order valence-corrected chi connectivity index (χ2v) is 23.2. The van der Waals surface area contributed by atoms with Crippen molar-refractivity contribution in [3.63, 3.8) is 0 Å². The molecule has 15 aromatic carbocycles. The average Bonchev–Trinajstić information content (AvgIpc) is 4.29. The summed E-state index contributed by atoms with van der Waals surface area (Å²) in [5.41, 5.74) is 16.1. The molecule has 18 rings (SSSR count). The summed E-state index contributed by atoms with van der Waals surface area (Å²) in [6.45, 7) is 0. The fraction of sp³-hybridized carbons (Fsp3) is 0. The lowest BCUT2D eigenvalue weighted by Gasteiger charge is -2.14. The lowest BCUT2D eigenvalue weighted by Crippen LogP contribution is -1.96. The lowest BCUT2D eigenvalue weighted by atomic mass is 9.92. The van der Waals surface area contributed by atoms with Gasteiger partial charge in [0.1, 0.15) is 5.01 Å². The summed E-state index contributed by atoms with van der Waals surface area (Å²) in [6.07, 6.45) is 0. The van der Waals surface area contributed by atoms with Crippen molar-refractivity contribution in [1.82, 2.24) is 14.1 Å². The Morgan fingerprint density at radius 3 is 1.23 bits per heavy atom. The van der Waals surface area contributed by atoms with Gasteiger partial charge in [-0.15, -0.1) is 11.3 Å². The van der Waals surface area contributed by atoms with Crippen LogP contribution >= 0.6 is 11.3 Å². The van der Waals surface area contributed by atoms with Crippen LogP contribution in [0.5, 0.6) is 0 Å². The number of hydrogen-bond acceptors (Lipinski definition) is 2. The fourth-order valence-electron chi connectivity index (χ4n) is 13.9. The van der Waals surface area contributed by atoms with E-state index in [9.17, 15) is 0 Å². The van der Waals surface area contributed by atoms with Crippen LogP contribution in [0.1, 0.15) is 0 Å². The zero-order valence-electron chi connectivity index (χ0n) is 44.9. The molecule has 0 N–H and O–H groups in total. The SMILES string of the molecule is c1ccc(-c2nc3cc4c(cc3s2)c2cc(-c3cccc5c6ccccc6n(-c6ccc(-c7ccc8c9ccccc9c9ccccc9c8c7)cc6)c35)ccc2n4-c2ccc(-c3ccc4c5ccccc5c5ccccc5c4c3)cc2)cc1. The molecule has 0 atom stereocenters. The summed E-state index contributed by atoms with van der Waals surface area (Å²) in [5, 5.41) is 21.3. The van der Waals surface area contributed by atoms with E-state index >= 15 is 0 Å². The Kier molecular flexibility index (Phi) is 9.96. The first-order chi connectivity index (χ1) is 41.1. The van der Waals surface area contributed by atoms with Gasteiger partial charge in [-0.25, -0.2) is 4.98 Å². The van der Waals surface area contributed by atoms with Crippen molar-refractivity contribution in [2.75, 3.05) is 0 Å². The maximum Gasteiger partial charge on any atom is 0.124 e. The molecule has 3 heterocycles. The monoisotopic (exact) mass is 1070 g/mol. The fourth-order valence-corrected chi connectivity index (χ4v) is 14.9. The van der Waals surface area contributed by atoms with Gasteiger partial charge in [0.25, 0.3) is 0 Å². The van der Waals surface area contributed by atoms with Gasteiger partial charge in [-0.1, -0.05) is 218 Å². The van der Waals surface area contributed by atoms with Crippen LogP contribution in [-0.4, -0.2) is 14.1 Å². The van der Waals surface area contributed by atoms with Gasteiger partial charge in [-0.05, 0) is 159 Å². The van der Waals surface area contributed by atoms with Gasteiger partial charge in [0.15, 0.2) is 0 Å². The third kappa shape index (κ3) is 7.00. The van der Waals surface area contributed by atoms with Crippen LogP contribution in [0.4, 0.5) is 0 Å². The summed E-state index contributed by atoms with van der Waals surface area (Å²) in [7, 11) is 0. The summed E-state index contributed by atoms with van der Waals surface area (Å²) in [4.78, 5) is 5.27. The summed E-state index contributed by atoms with van der Waals surface area (Å²) in [5.74, 6) is 0. The molecule has 3 aromatic heterocycles. The molecular formula is C79H47N3S. The number of fused-ring (bicyclic) bond motifs is 19. The minimum atomic E-state index is 1.00. The molecule has 0 aliphatic rings. The molecule has 18 aromatic rings. The molecule has 0 aliphatic carbocycles. The largest absolute Gasteiger partial charge is 0.309 e. The Bertz CT molecular complexity index is 5660. The second kappa shape index (κ2) is 17.9. The number of para-hydroxylation sites is 2. The van der Waals surface area contributed by atoms with Crippen molar-refractivity contribution in [2.24, 2.45) is 0 Å². The molecule has 0 amide bonds. The van der Waals surface area contributed by atoms with Crippen molar-refractivity contribution < 1.29 is 0 Å². The summed E-state index contributed by atoms with van der Waals surface area (Å²) >= 11 is 1.76. The summed E-state index contributed by atoms with van der Waals surface area (Å²) in [6, 6.07) is 106. The highest BCUT2D eigenvalue weighted by Crippen LogP contribution is 2.45. The third-order valence-electron chi connectivity index (χ3n) is 17.7. The standard InChI is InChI=1S/C79H47N3S/c1-2-15-50(16-3-1)79-80-73-47-76-72(46-77(73)83-79)71-45-53(35-42-75(71)81(76)54-36-29-48(30-37-54)51-33-40-65-61-21-6-4-17-57(61)59-19-8-10-23-63(59)69(65)43-51)56-26-14-27-68-67-25-12-13-28-74(67)82(78(56)68)55-38-31-49(32-39-55)52-34-41-66-62-22-7-5-18-58(62)60-20-9-11-24-64(60)70(66)44-52/h1-47H. The molecular weight excluding hydrogens is 1020 g/mol. The van der Waals surface area contributed by atoms with Crippen LogP contribution in [0.25, 0.3) is 174 Å². The van der Waals surface area contributed by atoms with Crippen LogP contribution in [0.2, 0.25) is 0 Å². The van der Waals surface area contributed by atoms with Crippen molar-refractivity contribution in [3.05, 3.63) is 285 Å². The number of hydrogen-bond donors (Lipinski definition) is 0. The Morgan fingerprint density at radius 2 is 0.663 bits per heavy atom. The molecule has 4 heteroatoms. The van der Waals surface area contributed by atoms with E-state index in [2.05, 4.69) is 294 Å². The lowest BCUT2D eigenvalue weighted by molar-refractivity contribution is 1.18. The second-order valence-electron chi connectivity index (χ2n) is 22.1. The van der Waals surface area contributed by atoms with Crippen LogP contribution < -0.4 is 0 Å². The van der Waals surface area contributed by atoms with Gasteiger partial charge in [0.2, 0.25) is 0 Å². The Morgan fingerprint density at radius 1 is 0.241 bits per heavy atom. The molecule has 0 unspecified atom stereocenters. The average molecular weight is 1070 g/mol. The normalized spacial score (nSPS) is 12.1. The number of nitrogens with zero attached hydrogens (tertiary/aromatic N) is 3. The number of benzene rings is 15. The molecule has 0 bridgehead atoms. The van der Waals surface area contributed by atoms with E-state index in [0.29, 0.717) is 0 Å². The van der Waals surface area contributed by atoms with Crippen LogP contribution in [0.3, 0.4) is 0 Å². The maximum atomic E-state index is 5.27. The molecule has 0 radical (unpaired) electrons. The predicted molar refractivity (Wildman–Crippen MR) is 355 cm³/mol. The van der Waals surface area contributed by atoms with Crippen molar-refractivity contribution in [3.8, 4) is 55.3 Å². The molecule has 0 aliphatic heterocycles. The van der Waals surface area contributed by atoms with E-state index in [1.54, 1.807) is 11.3 Å². The van der Waals surface area contributed by atoms with E-state index in [1.165, 1.54) is 135 Å². The Hall–Kier alpha value is -10.7. The van der Waals surface area contributed by atoms with Gasteiger partial charge in [-0.2, -0.15) is 0 Å². The van der Waals surface area contributed by atoms with Crippen molar-refractivity contribution in [2.45, 2.75) is 0 Å². The van der Waals surface area contributed by atoms with E-state index in [1.807, 2.05) is 0 Å². The zero-order valence-corrected chi connectivity index (χ0v) is 45.7. The topological polar surface area (TPSA) is 22.8 Å². The van der Waals surface area contributed by atoms with Crippen molar-refractivity contribution >= 4 is 130 Å². The molecule has 0 spiro atoms. The number of thiazole rings is 1. The summed E-state index contributed by atoms with van der Waals surface area (Å²) < 4.78 is 6.09. The van der Waals surface area contributed by atoms with Crippen molar-refractivity contribution in [1.29, 1.82) is 0 Å². The van der Waals surface area contributed by atoms with E-state index in [-0.39, 0.29) is 0 Å². The minimum absolute atomic E-state index is 1.00. The molecule has 0 saturated carbocycles. The maximum absolute atomic E-state index is 5.27. The highest BCUT2D eigenvalue weighted by atomic mass is 32.1. The first-order valence-electron chi connectivity index (χ1n) is 28.5. The molecule has 384 valence electrons. The van der Waals surface area contributed by atoms with Gasteiger partial charge < -0.3 is 9.13 Å². The highest BCUT2D eigenvalue weighted by molar-refractivity contribution is 7.21. The predicted octanol–water partition coefficient (Wildman–Crippen LogP) is 22.1. The molecule has 3 nitrogen and oxygen atoms in total. The highest BCUT2D eigenvalue weighted by Gasteiger charge is 2.21. The first-order valence-corrected chi connectivity index (χ1v) is 29.3. The minimum Gasteiger partial charge on any atom is -0.309 e. The Balaban J connectivity index is 0.784. The third-order valence-corrected chi connectivity index (χ3v) is 18.8. The molecule has 83 heavy (non-hydrogen) atoms. The van der Waals surface area contributed by atoms with Gasteiger partial charge >= 0.3 is 0 Å². The van der Waals surface area contributed by atoms with Gasteiger partial charge in [-0.3, -0.25) is 0 Å². The Labute approximate surface area is 481 Å². The van der Waals surface area contributed by atoms with Gasteiger partial charge in [0, 0.05) is 44.0 Å². The van der Waals surface area contributed by atoms with E-state index in [0.717, 1.165) is 38.5 Å². The van der Waals surface area contributed by atoms with E-state index < -0.39 is 0 Å². The van der Waals surface area contributed by atoms with Crippen LogP contribution in [-0.2, 0) is 0 Å². The smallest absolute Gasteiger partial charge is 0.124 e. The van der Waals surface area contributed by atoms with E-state index in [4.69, 9.17) is 4.98 Å². The van der Waals surface area contributed by atoms with Crippen LogP contribution in [0.15, 0.2) is 285 Å². The first kappa shape index (κ1) is 46.1. The number of rotatable bonds is 6. The molecule has 0 fully saturated rings. The number of aromatic nitrogens is 3. The van der Waals surface area contributed by atoms with Gasteiger partial charge in [0.05, 0.1) is 32.3 Å². The zero-order chi connectivity index (χ0) is 54.3.